The Morgan fingerprint density at radius 1 is 1.04 bits per heavy atom. The normalized spacial score (nSPS) is 26.1. The highest BCUT2D eigenvalue weighted by Crippen LogP contribution is 2.47. The zero-order valence-electron chi connectivity index (χ0n) is 30.7. The van der Waals surface area contributed by atoms with Gasteiger partial charge >= 0.3 is 6.03 Å². The Labute approximate surface area is 309 Å². The van der Waals surface area contributed by atoms with Crippen LogP contribution < -0.4 is 24.2 Å². The van der Waals surface area contributed by atoms with Crippen LogP contribution in [0, 0.1) is 12.8 Å². The molecule has 4 amide bonds. The van der Waals surface area contributed by atoms with E-state index in [1.54, 1.807) is 33.1 Å². The van der Waals surface area contributed by atoms with Crippen LogP contribution >= 0.6 is 0 Å². The zero-order chi connectivity index (χ0) is 37.7. The predicted molar refractivity (Wildman–Crippen MR) is 197 cm³/mol. The quantitative estimate of drug-likeness (QED) is 0.320. The molecule has 2 aliphatic heterocycles. The standard InChI is InChI=1S/C38H46N6O8S/c1-23-30(51-5)16-15-28-31(23)39-32(24-11-13-26(50-4)14-12-24)40-34(28)52-27-20-29-33(45)41-38(35(46)42-53(48,49)37(2)17-18-37)21-25(38)10-8-6-7-9-19-43(3)36(47)44(29)22-27/h8,10-16,25,27,29H,6-7,9,17-22H2,1-5H3,(H,41,45)(H,42,46)/b10-8+/t25-,27-,29+,38-/m1/s1. The molecule has 2 saturated carbocycles. The Hall–Kier alpha value is -4.92. The van der Waals surface area contributed by atoms with E-state index in [1.807, 2.05) is 55.5 Å². The van der Waals surface area contributed by atoms with Gasteiger partial charge in [-0.3, -0.25) is 14.3 Å². The van der Waals surface area contributed by atoms with Crippen LogP contribution in [0.1, 0.15) is 57.4 Å². The summed E-state index contributed by atoms with van der Waals surface area (Å²) in [5, 5.41) is 3.55. The van der Waals surface area contributed by atoms with Crippen molar-refractivity contribution in [2.24, 2.45) is 5.92 Å². The number of carbonyl (C=O) groups excluding carboxylic acids is 3. The van der Waals surface area contributed by atoms with Gasteiger partial charge in [-0.2, -0.15) is 4.98 Å². The van der Waals surface area contributed by atoms with Crippen LogP contribution in [0.2, 0.25) is 0 Å². The maximum Gasteiger partial charge on any atom is 0.320 e. The third-order valence-electron chi connectivity index (χ3n) is 11.1. The number of sulfonamides is 1. The third-order valence-corrected chi connectivity index (χ3v) is 13.3. The number of allylic oxidation sites excluding steroid dienone is 1. The Bertz CT molecular complexity index is 2090. The molecule has 14 nitrogen and oxygen atoms in total. The van der Waals surface area contributed by atoms with Gasteiger partial charge in [-0.25, -0.2) is 18.2 Å². The van der Waals surface area contributed by atoms with Crippen LogP contribution in [0.4, 0.5) is 4.79 Å². The van der Waals surface area contributed by atoms with E-state index in [9.17, 15) is 22.8 Å². The molecule has 2 aromatic carbocycles. The molecule has 0 bridgehead atoms. The number of nitrogens with one attached hydrogen (secondary N) is 2. The van der Waals surface area contributed by atoms with Crippen molar-refractivity contribution in [3.63, 3.8) is 0 Å². The van der Waals surface area contributed by atoms with Gasteiger partial charge in [0.15, 0.2) is 5.82 Å². The van der Waals surface area contributed by atoms with E-state index < -0.39 is 44.3 Å². The van der Waals surface area contributed by atoms with Gasteiger partial charge in [0.05, 0.1) is 36.4 Å². The number of aromatic nitrogens is 2. The maximum atomic E-state index is 14.3. The van der Waals surface area contributed by atoms with E-state index in [4.69, 9.17) is 24.2 Å². The summed E-state index contributed by atoms with van der Waals surface area (Å²) in [7, 11) is 0.942. The molecule has 53 heavy (non-hydrogen) atoms. The summed E-state index contributed by atoms with van der Waals surface area (Å²) in [5.41, 5.74) is 0.693. The highest BCUT2D eigenvalue weighted by atomic mass is 32.2. The minimum absolute atomic E-state index is 0.0784. The summed E-state index contributed by atoms with van der Waals surface area (Å²) in [6.45, 7) is 4.09. The topological polar surface area (TPSA) is 169 Å². The van der Waals surface area contributed by atoms with Crippen molar-refractivity contribution in [1.29, 1.82) is 0 Å². The molecule has 4 aliphatic rings. The summed E-state index contributed by atoms with van der Waals surface area (Å²) in [5.74, 6) is 0.324. The Balaban J connectivity index is 1.21. The first kappa shape index (κ1) is 36.4. The van der Waals surface area contributed by atoms with E-state index in [1.165, 1.54) is 4.90 Å². The first-order valence-electron chi connectivity index (χ1n) is 18.0. The van der Waals surface area contributed by atoms with Crippen molar-refractivity contribution in [3.05, 3.63) is 54.1 Å². The average Bonchev–Trinajstić information content (AvgIpc) is 4.03. The van der Waals surface area contributed by atoms with Crippen LogP contribution in [0.25, 0.3) is 22.3 Å². The number of carbonyl (C=O) groups is 3. The van der Waals surface area contributed by atoms with E-state index in [2.05, 4.69) is 10.0 Å². The first-order chi connectivity index (χ1) is 25.3. The number of methoxy groups -OCH3 is 2. The fourth-order valence-corrected chi connectivity index (χ4v) is 8.53. The van der Waals surface area contributed by atoms with Gasteiger partial charge in [0.25, 0.3) is 5.91 Å². The SMILES string of the molecule is COc1ccc(-c2nc(O[C@@H]3C[C@H]4C(=O)N[C@]5(C(=O)NS(=O)(=O)C6(C)CC6)C[C@H]5/C=C/CCCCN(C)C(=O)N4C3)c3ccc(OC)c(C)c3n2)cc1. The lowest BCUT2D eigenvalue weighted by Gasteiger charge is -2.30. The monoisotopic (exact) mass is 746 g/mol. The molecule has 7 rings (SSSR count). The molecule has 1 aromatic heterocycles. The van der Waals surface area contributed by atoms with Gasteiger partial charge in [-0.1, -0.05) is 12.2 Å². The Morgan fingerprint density at radius 3 is 2.49 bits per heavy atom. The first-order valence-corrected chi connectivity index (χ1v) is 19.5. The minimum atomic E-state index is -3.95. The number of hydrogen-bond donors (Lipinski definition) is 2. The number of benzene rings is 2. The number of amides is 4. The molecule has 4 atom stereocenters. The van der Waals surface area contributed by atoms with Crippen LogP contribution in [0.5, 0.6) is 17.4 Å². The predicted octanol–water partition coefficient (Wildman–Crippen LogP) is 4.11. The highest BCUT2D eigenvalue weighted by Gasteiger charge is 2.63. The second-order valence-electron chi connectivity index (χ2n) is 14.8. The van der Waals surface area contributed by atoms with Crippen LogP contribution in [0.15, 0.2) is 48.6 Å². The van der Waals surface area contributed by atoms with Crippen molar-refractivity contribution in [2.75, 3.05) is 34.4 Å². The second-order valence-corrected chi connectivity index (χ2v) is 17.0. The van der Waals surface area contributed by atoms with Crippen LogP contribution in [-0.2, 0) is 19.6 Å². The molecule has 1 saturated heterocycles. The highest BCUT2D eigenvalue weighted by molar-refractivity contribution is 7.91. The molecular formula is C38H46N6O8S. The van der Waals surface area contributed by atoms with Crippen LogP contribution in [-0.4, -0.2) is 103 Å². The molecule has 282 valence electrons. The van der Waals surface area contributed by atoms with Crippen molar-refractivity contribution >= 4 is 38.8 Å². The fraction of sp³-hybridized carbons (Fsp3) is 0.500. The number of aryl methyl sites for hydroxylation is 1. The molecule has 3 aromatic rings. The van der Waals surface area contributed by atoms with Gasteiger partial charge in [-0.15, -0.1) is 0 Å². The lowest BCUT2D eigenvalue weighted by molar-refractivity contribution is -0.131. The van der Waals surface area contributed by atoms with E-state index >= 15 is 0 Å². The van der Waals surface area contributed by atoms with Crippen molar-refractivity contribution in [1.82, 2.24) is 29.8 Å². The van der Waals surface area contributed by atoms with E-state index in [-0.39, 0.29) is 37.2 Å². The van der Waals surface area contributed by atoms with Crippen molar-refractivity contribution in [3.8, 4) is 28.8 Å². The number of urea groups is 1. The largest absolute Gasteiger partial charge is 0.497 e. The number of hydrogen-bond acceptors (Lipinski definition) is 10. The second kappa shape index (κ2) is 13.8. The Kier molecular flexibility index (Phi) is 9.49. The summed E-state index contributed by atoms with van der Waals surface area (Å²) < 4.78 is 45.0. The molecule has 15 heteroatoms. The van der Waals surface area contributed by atoms with Crippen molar-refractivity contribution < 1.29 is 37.0 Å². The molecule has 2 N–H and O–H groups in total. The maximum absolute atomic E-state index is 14.3. The number of ether oxygens (including phenoxy) is 3. The third kappa shape index (κ3) is 6.86. The number of fused-ring (bicyclic) bond motifs is 3. The summed E-state index contributed by atoms with van der Waals surface area (Å²) >= 11 is 0. The Morgan fingerprint density at radius 2 is 1.79 bits per heavy atom. The molecule has 3 fully saturated rings. The number of rotatable bonds is 8. The fourth-order valence-electron chi connectivity index (χ4n) is 7.22. The number of nitrogens with zero attached hydrogens (tertiary/aromatic N) is 4. The van der Waals surface area contributed by atoms with E-state index in [0.717, 1.165) is 30.4 Å². The molecule has 0 spiro atoms. The van der Waals surface area contributed by atoms with Gasteiger partial charge in [0.2, 0.25) is 21.8 Å². The summed E-state index contributed by atoms with van der Waals surface area (Å²) in [6, 6.07) is 9.64. The molecule has 0 unspecified atom stereocenters. The van der Waals surface area contributed by atoms with Crippen molar-refractivity contribution in [2.45, 2.75) is 81.2 Å². The average molecular weight is 747 g/mol. The molecule has 3 heterocycles. The molecular weight excluding hydrogens is 701 g/mol. The lowest BCUT2D eigenvalue weighted by Crippen LogP contribution is -2.58. The van der Waals surface area contributed by atoms with Gasteiger partial charge in [0, 0.05) is 37.1 Å². The van der Waals surface area contributed by atoms with Gasteiger partial charge < -0.3 is 29.3 Å². The van der Waals surface area contributed by atoms with Crippen LogP contribution in [0.3, 0.4) is 0 Å². The molecule has 0 radical (unpaired) electrons. The zero-order valence-corrected chi connectivity index (χ0v) is 31.5. The molecule has 2 aliphatic carbocycles. The smallest absolute Gasteiger partial charge is 0.320 e. The van der Waals surface area contributed by atoms with E-state index in [0.29, 0.717) is 47.6 Å². The lowest BCUT2D eigenvalue weighted by atomic mass is 10.1. The van der Waals surface area contributed by atoms with Gasteiger partial charge in [0.1, 0.15) is 29.2 Å². The summed E-state index contributed by atoms with van der Waals surface area (Å²) in [6.07, 6.45) is 6.76. The van der Waals surface area contributed by atoms with Gasteiger partial charge in [-0.05, 0) is 88.8 Å². The minimum Gasteiger partial charge on any atom is -0.497 e. The summed E-state index contributed by atoms with van der Waals surface area (Å²) in [4.78, 5) is 54.8.